The minimum absolute atomic E-state index is 0.692. The van der Waals surface area contributed by atoms with Crippen molar-refractivity contribution in [3.8, 4) is 0 Å². The molecule has 0 spiro atoms. The van der Waals surface area contributed by atoms with Crippen molar-refractivity contribution in [1.82, 2.24) is 0 Å². The summed E-state index contributed by atoms with van der Waals surface area (Å²) in [5.74, 6) is 0. The number of hydrogen-bond donors (Lipinski definition) is 0. The fourth-order valence-electron chi connectivity index (χ4n) is 2.91. The Morgan fingerprint density at radius 2 is 0.567 bits per heavy atom. The van der Waals surface area contributed by atoms with Crippen LogP contribution in [0.15, 0.2) is 0 Å². The van der Waals surface area contributed by atoms with Crippen LogP contribution >= 0.6 is 0 Å². The largest absolute Gasteiger partial charge is 0.500 e. The fraction of sp³-hybridized carbons (Fsp3) is 1.00. The van der Waals surface area contributed by atoms with Gasteiger partial charge in [-0.05, 0) is 51.4 Å². The third kappa shape index (κ3) is 13.6. The molecule has 0 aliphatic rings. The highest BCUT2D eigenvalue weighted by molar-refractivity contribution is 6.61. The van der Waals surface area contributed by atoms with Crippen molar-refractivity contribution in [2.24, 2.45) is 0 Å². The van der Waals surface area contributed by atoms with Gasteiger partial charge in [-0.25, -0.2) is 0 Å². The molecule has 0 saturated heterocycles. The summed E-state index contributed by atoms with van der Waals surface area (Å²) in [5.41, 5.74) is 0. The van der Waals surface area contributed by atoms with Gasteiger partial charge < -0.3 is 26.6 Å². The molecule has 0 fully saturated rings. The van der Waals surface area contributed by atoms with Crippen molar-refractivity contribution >= 4 is 17.6 Å². The van der Waals surface area contributed by atoms with Crippen LogP contribution in [0.4, 0.5) is 0 Å². The van der Waals surface area contributed by atoms with E-state index in [-0.39, 0.29) is 0 Å². The Morgan fingerprint density at radius 3 is 0.733 bits per heavy atom. The normalized spacial score (nSPS) is 12.6. The van der Waals surface area contributed by atoms with Crippen LogP contribution in [0.1, 0.15) is 92.9 Å². The van der Waals surface area contributed by atoms with Crippen molar-refractivity contribution < 1.29 is 26.6 Å². The number of unbranched alkanes of at least 4 members (excludes halogenated alkanes) is 1. The van der Waals surface area contributed by atoms with Crippen molar-refractivity contribution in [1.29, 1.82) is 0 Å². The van der Waals surface area contributed by atoms with Gasteiger partial charge in [-0.15, -0.1) is 0 Å². The lowest BCUT2D eigenvalue weighted by molar-refractivity contribution is 0.0547. The van der Waals surface area contributed by atoms with Crippen molar-refractivity contribution in [2.75, 3.05) is 39.6 Å². The summed E-state index contributed by atoms with van der Waals surface area (Å²) in [6.45, 7) is 16.9. The van der Waals surface area contributed by atoms with Gasteiger partial charge in [0.15, 0.2) is 0 Å². The molecule has 0 aliphatic heterocycles. The Bertz CT molecular complexity index is 296. The van der Waals surface area contributed by atoms with Crippen LogP contribution in [0.25, 0.3) is 0 Å². The summed E-state index contributed by atoms with van der Waals surface area (Å²) < 4.78 is 37.3. The Kier molecular flexibility index (Phi) is 20.0. The predicted octanol–water partition coefficient (Wildman–Crippen LogP) is 6.20. The molecule has 0 aromatic heterocycles. The van der Waals surface area contributed by atoms with Crippen LogP contribution in [0, 0.1) is 0 Å². The maximum absolute atomic E-state index is 6.22. The number of hydrogen-bond acceptors (Lipinski definition) is 6. The minimum atomic E-state index is -2.64. The van der Waals surface area contributed by atoms with Gasteiger partial charge in [0.05, 0.1) is 0 Å². The van der Waals surface area contributed by atoms with Crippen LogP contribution in [0.3, 0.4) is 0 Å². The van der Waals surface area contributed by atoms with Crippen LogP contribution in [0.2, 0.25) is 12.1 Å². The Hall–Kier alpha value is 0.194. The Labute approximate surface area is 189 Å². The molecule has 30 heavy (non-hydrogen) atoms. The first-order valence-corrected chi connectivity index (χ1v) is 16.3. The highest BCUT2D eigenvalue weighted by Gasteiger charge is 2.43. The zero-order chi connectivity index (χ0) is 22.6. The summed E-state index contributed by atoms with van der Waals surface area (Å²) in [4.78, 5) is 0. The van der Waals surface area contributed by atoms with E-state index in [1.165, 1.54) is 0 Å². The zero-order valence-corrected chi connectivity index (χ0v) is 22.8. The highest BCUT2D eigenvalue weighted by atomic mass is 28.4. The van der Waals surface area contributed by atoms with E-state index in [4.69, 9.17) is 26.6 Å². The molecule has 0 aromatic rings. The maximum atomic E-state index is 6.22. The van der Waals surface area contributed by atoms with Crippen LogP contribution < -0.4 is 0 Å². The van der Waals surface area contributed by atoms with E-state index in [1.54, 1.807) is 0 Å². The van der Waals surface area contributed by atoms with E-state index in [1.807, 2.05) is 0 Å². The molecule has 0 heterocycles. The molecule has 0 bridgehead atoms. The highest BCUT2D eigenvalue weighted by Crippen LogP contribution is 2.25. The SMILES string of the molecule is CCCO[Si](CCCC[Si](OCCC)(OCCC)OCCC)(OCCC)OCCC. The first kappa shape index (κ1) is 30.2. The molecule has 0 aromatic carbocycles. The molecule has 0 radical (unpaired) electrons. The van der Waals surface area contributed by atoms with E-state index in [0.29, 0.717) is 39.6 Å². The van der Waals surface area contributed by atoms with E-state index < -0.39 is 17.6 Å². The molecule has 0 rings (SSSR count). The van der Waals surface area contributed by atoms with Crippen molar-refractivity contribution in [2.45, 2.75) is 105 Å². The molecule has 8 heteroatoms. The van der Waals surface area contributed by atoms with E-state index >= 15 is 0 Å². The summed E-state index contributed by atoms with van der Waals surface area (Å²) >= 11 is 0. The standard InChI is InChI=1S/C22H50O6Si2/c1-7-15-23-29(24-16-8-2,25-17-9-3)21-13-14-22-30(26-18-10-4,27-19-11-5)28-20-12-6/h7-22H2,1-6H3. The molecule has 0 N–H and O–H groups in total. The Balaban J connectivity index is 5.02. The van der Waals surface area contributed by atoms with Crippen LogP contribution in [0.5, 0.6) is 0 Å². The molecule has 0 aliphatic carbocycles. The van der Waals surface area contributed by atoms with Gasteiger partial charge in [0.1, 0.15) is 0 Å². The molecule has 0 saturated carbocycles. The Morgan fingerprint density at radius 1 is 0.367 bits per heavy atom. The van der Waals surface area contributed by atoms with Crippen LogP contribution in [-0.4, -0.2) is 57.3 Å². The smallest absolute Gasteiger partial charge is 0.373 e. The lowest BCUT2D eigenvalue weighted by Gasteiger charge is -2.31. The summed E-state index contributed by atoms with van der Waals surface area (Å²) in [6, 6.07) is 1.68. The molecule has 6 nitrogen and oxygen atoms in total. The molecule has 182 valence electrons. The summed E-state index contributed by atoms with van der Waals surface area (Å²) in [7, 11) is -5.28. The van der Waals surface area contributed by atoms with E-state index in [2.05, 4.69) is 41.5 Å². The van der Waals surface area contributed by atoms with Gasteiger partial charge in [0.2, 0.25) is 0 Å². The van der Waals surface area contributed by atoms with Crippen molar-refractivity contribution in [3.63, 3.8) is 0 Å². The molecule has 0 unspecified atom stereocenters. The first-order chi connectivity index (χ1) is 14.6. The van der Waals surface area contributed by atoms with E-state index in [0.717, 1.165) is 63.5 Å². The van der Waals surface area contributed by atoms with Gasteiger partial charge in [0.25, 0.3) is 0 Å². The predicted molar refractivity (Wildman–Crippen MR) is 128 cm³/mol. The van der Waals surface area contributed by atoms with Gasteiger partial charge >= 0.3 is 17.6 Å². The third-order valence-electron chi connectivity index (χ3n) is 4.37. The average Bonchev–Trinajstić information content (AvgIpc) is 2.77. The molecular formula is C22H50O6Si2. The second kappa shape index (κ2) is 19.8. The summed E-state index contributed by atoms with van der Waals surface area (Å²) in [6.07, 6.45) is 7.75. The monoisotopic (exact) mass is 466 g/mol. The average molecular weight is 467 g/mol. The van der Waals surface area contributed by atoms with E-state index in [9.17, 15) is 0 Å². The zero-order valence-electron chi connectivity index (χ0n) is 20.8. The quantitative estimate of drug-likeness (QED) is 0.132. The maximum Gasteiger partial charge on any atom is 0.500 e. The summed E-state index contributed by atoms with van der Waals surface area (Å²) in [5, 5.41) is 0. The minimum Gasteiger partial charge on any atom is -0.373 e. The number of rotatable bonds is 23. The lowest BCUT2D eigenvalue weighted by Crippen LogP contribution is -2.47. The topological polar surface area (TPSA) is 55.4 Å². The second-order valence-electron chi connectivity index (χ2n) is 7.66. The molecule has 0 amide bonds. The van der Waals surface area contributed by atoms with Gasteiger partial charge in [-0.2, -0.15) is 0 Å². The van der Waals surface area contributed by atoms with Gasteiger partial charge in [0, 0.05) is 51.7 Å². The fourth-order valence-corrected chi connectivity index (χ4v) is 8.73. The molecule has 0 atom stereocenters. The third-order valence-corrected chi connectivity index (χ3v) is 10.2. The molecular weight excluding hydrogens is 416 g/mol. The van der Waals surface area contributed by atoms with Crippen LogP contribution in [-0.2, 0) is 26.6 Å². The van der Waals surface area contributed by atoms with Gasteiger partial charge in [-0.1, -0.05) is 41.5 Å². The lowest BCUT2D eigenvalue weighted by atomic mass is 10.4. The second-order valence-corrected chi connectivity index (χ2v) is 13.1. The van der Waals surface area contributed by atoms with Gasteiger partial charge in [-0.3, -0.25) is 0 Å². The first-order valence-electron chi connectivity index (χ1n) is 12.4. The van der Waals surface area contributed by atoms with Crippen molar-refractivity contribution in [3.05, 3.63) is 0 Å².